The number of nitrogens with one attached hydrogen (secondary N) is 1. The van der Waals surface area contributed by atoms with E-state index in [0.717, 1.165) is 0 Å². The van der Waals surface area contributed by atoms with Crippen LogP contribution in [0.5, 0.6) is 0 Å². The summed E-state index contributed by atoms with van der Waals surface area (Å²) in [6, 6.07) is 2.49. The number of carboxylic acids is 1. The molecule has 0 radical (unpaired) electrons. The lowest BCUT2D eigenvalue weighted by molar-refractivity contribution is -0.143. The molecule has 1 amide bonds. The molecule has 0 fully saturated rings. The van der Waals surface area contributed by atoms with E-state index in [1.807, 2.05) is 0 Å². The van der Waals surface area contributed by atoms with Crippen LogP contribution in [0.3, 0.4) is 0 Å². The summed E-state index contributed by atoms with van der Waals surface area (Å²) in [7, 11) is 0. The minimum atomic E-state index is -1.05. The van der Waals surface area contributed by atoms with Gasteiger partial charge in [-0.1, -0.05) is 19.0 Å². The zero-order valence-corrected chi connectivity index (χ0v) is 12.3. The number of aromatic nitrogens is 2. The highest BCUT2D eigenvalue weighted by Gasteiger charge is 2.23. The number of furan rings is 1. The topological polar surface area (TPSA) is 118 Å². The number of rotatable bonds is 7. The summed E-state index contributed by atoms with van der Waals surface area (Å²) in [5, 5.41) is 15.2. The average molecular weight is 307 g/mol. The number of hydrogen-bond acceptors (Lipinski definition) is 6. The van der Waals surface area contributed by atoms with Crippen LogP contribution in [0, 0.1) is 5.92 Å². The fourth-order valence-corrected chi connectivity index (χ4v) is 1.84. The molecule has 2 aromatic rings. The zero-order valence-electron chi connectivity index (χ0n) is 12.3. The van der Waals surface area contributed by atoms with Gasteiger partial charge in [0.05, 0.1) is 6.26 Å². The van der Waals surface area contributed by atoms with E-state index in [1.165, 1.54) is 6.26 Å². The molecule has 0 aliphatic heterocycles. The lowest BCUT2D eigenvalue weighted by Gasteiger charge is -2.17. The van der Waals surface area contributed by atoms with Crippen LogP contribution in [0.25, 0.3) is 11.6 Å². The summed E-state index contributed by atoms with van der Waals surface area (Å²) in [6.07, 6.45) is 1.79. The summed E-state index contributed by atoms with van der Waals surface area (Å²) < 4.78 is 10.2. The molecule has 0 saturated carbocycles. The lowest BCUT2D eigenvalue weighted by atomic mass is 10.0. The van der Waals surface area contributed by atoms with Crippen LogP contribution < -0.4 is 5.32 Å². The monoisotopic (exact) mass is 307 g/mol. The fourth-order valence-electron chi connectivity index (χ4n) is 1.84. The molecule has 1 unspecified atom stereocenters. The third kappa shape index (κ3) is 3.94. The van der Waals surface area contributed by atoms with Gasteiger partial charge in [-0.05, 0) is 18.1 Å². The maximum atomic E-state index is 11.8. The molecular weight excluding hydrogens is 290 g/mol. The van der Waals surface area contributed by atoms with Crippen molar-refractivity contribution in [2.75, 3.05) is 0 Å². The standard InChI is InChI=1S/C14H17N3O5/c1-8(2)12(14(19)20)15-10(18)5-6-11-16-13(17-22-11)9-4-3-7-21-9/h3-4,7-8,12H,5-6H2,1-2H3,(H,15,18)(H,19,20). The van der Waals surface area contributed by atoms with E-state index in [0.29, 0.717) is 11.6 Å². The Labute approximate surface area is 126 Å². The Kier molecular flexibility index (Phi) is 4.92. The highest BCUT2D eigenvalue weighted by Crippen LogP contribution is 2.16. The number of carboxylic acid groups (broad SMARTS) is 1. The Bertz CT molecular complexity index is 633. The Hall–Kier alpha value is -2.64. The Morgan fingerprint density at radius 3 is 2.77 bits per heavy atom. The number of aliphatic carboxylic acids is 1. The van der Waals surface area contributed by atoms with E-state index >= 15 is 0 Å². The lowest BCUT2D eigenvalue weighted by Crippen LogP contribution is -2.44. The van der Waals surface area contributed by atoms with Gasteiger partial charge >= 0.3 is 5.97 Å². The van der Waals surface area contributed by atoms with E-state index in [1.54, 1.807) is 26.0 Å². The van der Waals surface area contributed by atoms with Crippen molar-refractivity contribution in [3.8, 4) is 11.6 Å². The quantitative estimate of drug-likeness (QED) is 0.795. The second-order valence-corrected chi connectivity index (χ2v) is 5.12. The van der Waals surface area contributed by atoms with Gasteiger partial charge in [-0.25, -0.2) is 4.79 Å². The molecule has 2 aromatic heterocycles. The van der Waals surface area contributed by atoms with Crippen molar-refractivity contribution < 1.29 is 23.6 Å². The average Bonchev–Trinajstić information content (AvgIpc) is 3.12. The zero-order chi connectivity index (χ0) is 16.1. The van der Waals surface area contributed by atoms with E-state index < -0.39 is 12.0 Å². The third-order valence-electron chi connectivity index (χ3n) is 3.02. The van der Waals surface area contributed by atoms with Crippen LogP contribution in [-0.4, -0.2) is 33.2 Å². The number of carbonyl (C=O) groups excluding carboxylic acids is 1. The largest absolute Gasteiger partial charge is 0.480 e. The van der Waals surface area contributed by atoms with Gasteiger partial charge in [0.2, 0.25) is 17.6 Å². The molecule has 0 aromatic carbocycles. The van der Waals surface area contributed by atoms with Crippen molar-refractivity contribution in [3.05, 3.63) is 24.3 Å². The number of carbonyl (C=O) groups is 2. The first-order chi connectivity index (χ1) is 10.5. The van der Waals surface area contributed by atoms with E-state index in [2.05, 4.69) is 15.5 Å². The molecule has 0 aliphatic rings. The van der Waals surface area contributed by atoms with Gasteiger partial charge in [-0.3, -0.25) is 4.79 Å². The molecule has 22 heavy (non-hydrogen) atoms. The highest BCUT2D eigenvalue weighted by molar-refractivity contribution is 5.83. The van der Waals surface area contributed by atoms with Gasteiger partial charge in [0.1, 0.15) is 6.04 Å². The van der Waals surface area contributed by atoms with Gasteiger partial charge < -0.3 is 19.4 Å². The number of nitrogens with zero attached hydrogens (tertiary/aromatic N) is 2. The van der Waals surface area contributed by atoms with Crippen LogP contribution in [-0.2, 0) is 16.0 Å². The van der Waals surface area contributed by atoms with Gasteiger partial charge in [-0.15, -0.1) is 0 Å². The van der Waals surface area contributed by atoms with Crippen molar-refractivity contribution in [3.63, 3.8) is 0 Å². The molecule has 2 rings (SSSR count). The highest BCUT2D eigenvalue weighted by atomic mass is 16.5. The van der Waals surface area contributed by atoms with Crippen LogP contribution in [0.4, 0.5) is 0 Å². The molecule has 8 nitrogen and oxygen atoms in total. The predicted molar refractivity (Wildman–Crippen MR) is 74.7 cm³/mol. The molecule has 0 bridgehead atoms. The smallest absolute Gasteiger partial charge is 0.326 e. The minimum absolute atomic E-state index is 0.0658. The van der Waals surface area contributed by atoms with Gasteiger partial charge in [0.15, 0.2) is 5.76 Å². The number of hydrogen-bond donors (Lipinski definition) is 2. The molecule has 0 aliphatic carbocycles. The summed E-state index contributed by atoms with van der Waals surface area (Å²) in [5.74, 6) is -0.551. The molecule has 0 spiro atoms. The van der Waals surface area contributed by atoms with Gasteiger partial charge in [0.25, 0.3) is 0 Å². The van der Waals surface area contributed by atoms with Crippen molar-refractivity contribution in [2.24, 2.45) is 5.92 Å². The van der Waals surface area contributed by atoms with E-state index in [-0.39, 0.29) is 30.6 Å². The summed E-state index contributed by atoms with van der Waals surface area (Å²) in [4.78, 5) is 26.9. The Morgan fingerprint density at radius 1 is 1.41 bits per heavy atom. The fraction of sp³-hybridized carbons (Fsp3) is 0.429. The third-order valence-corrected chi connectivity index (χ3v) is 3.02. The molecule has 8 heteroatoms. The molecule has 2 N–H and O–H groups in total. The van der Waals surface area contributed by atoms with Crippen molar-refractivity contribution in [1.82, 2.24) is 15.5 Å². The molecule has 118 valence electrons. The van der Waals surface area contributed by atoms with Crippen LogP contribution >= 0.6 is 0 Å². The van der Waals surface area contributed by atoms with Crippen LogP contribution in [0.2, 0.25) is 0 Å². The maximum absolute atomic E-state index is 11.8. The number of amides is 1. The number of aryl methyl sites for hydroxylation is 1. The van der Waals surface area contributed by atoms with E-state index in [9.17, 15) is 9.59 Å². The van der Waals surface area contributed by atoms with E-state index in [4.69, 9.17) is 14.0 Å². The predicted octanol–water partition coefficient (Wildman–Crippen LogP) is 1.49. The van der Waals surface area contributed by atoms with Crippen LogP contribution in [0.1, 0.15) is 26.2 Å². The molecule has 0 saturated heterocycles. The first-order valence-corrected chi connectivity index (χ1v) is 6.86. The minimum Gasteiger partial charge on any atom is -0.480 e. The maximum Gasteiger partial charge on any atom is 0.326 e. The van der Waals surface area contributed by atoms with Crippen molar-refractivity contribution >= 4 is 11.9 Å². The molecule has 1 atom stereocenters. The van der Waals surface area contributed by atoms with Gasteiger partial charge in [-0.2, -0.15) is 4.98 Å². The molecule has 2 heterocycles. The van der Waals surface area contributed by atoms with Crippen LogP contribution in [0.15, 0.2) is 27.3 Å². The first kappa shape index (κ1) is 15.7. The summed E-state index contributed by atoms with van der Waals surface area (Å²) >= 11 is 0. The summed E-state index contributed by atoms with van der Waals surface area (Å²) in [5.41, 5.74) is 0. The first-order valence-electron chi connectivity index (χ1n) is 6.86. The normalized spacial score (nSPS) is 12.3. The SMILES string of the molecule is CC(C)C(NC(=O)CCc1nc(-c2ccco2)no1)C(=O)O. The Morgan fingerprint density at radius 2 is 2.18 bits per heavy atom. The van der Waals surface area contributed by atoms with Gasteiger partial charge in [0, 0.05) is 12.8 Å². The summed E-state index contributed by atoms with van der Waals surface area (Å²) in [6.45, 7) is 3.46. The molecular formula is C14H17N3O5. The van der Waals surface area contributed by atoms with Crippen molar-refractivity contribution in [2.45, 2.75) is 32.7 Å². The van der Waals surface area contributed by atoms with Crippen molar-refractivity contribution in [1.29, 1.82) is 0 Å². The second-order valence-electron chi connectivity index (χ2n) is 5.12. The second kappa shape index (κ2) is 6.88. The Balaban J connectivity index is 1.87.